The minimum absolute atomic E-state index is 0.0226. The Labute approximate surface area is 162 Å². The lowest BCUT2D eigenvalue weighted by molar-refractivity contribution is -0.384. The number of hydrogen-bond acceptors (Lipinski definition) is 5. The molecule has 0 spiro atoms. The van der Waals surface area contributed by atoms with Crippen molar-refractivity contribution in [2.45, 2.75) is 17.7 Å². The molecule has 0 aliphatic carbocycles. The van der Waals surface area contributed by atoms with Crippen molar-refractivity contribution in [2.24, 2.45) is 0 Å². The van der Waals surface area contributed by atoms with Crippen LogP contribution in [0.15, 0.2) is 59.5 Å². The smallest absolute Gasteiger partial charge is 0.269 e. The van der Waals surface area contributed by atoms with Gasteiger partial charge in [-0.2, -0.15) is 4.31 Å². The number of carbonyl (C=O) groups is 1. The fraction of sp³-hybridized carbons (Fsp3) is 0.211. The first kappa shape index (κ1) is 19.7. The second kappa shape index (κ2) is 8.32. The maximum Gasteiger partial charge on any atom is 0.269 e. The molecule has 1 aliphatic heterocycles. The monoisotopic (exact) mass is 401 g/mol. The molecule has 0 atom stereocenters. The molecule has 28 heavy (non-hydrogen) atoms. The standard InChI is InChI=1S/C19H19N3O5S/c23-19(12-5-15-3-8-17(9-4-15)22(24)25)20-16-6-10-18(11-7-16)28(26,27)21-13-1-2-14-21/h3-12H,1-2,13-14H2,(H,20,23)/b12-5+. The number of hydrogen-bond donors (Lipinski definition) is 1. The lowest BCUT2D eigenvalue weighted by Crippen LogP contribution is -2.27. The number of rotatable bonds is 6. The van der Waals surface area contributed by atoms with Crippen LogP contribution < -0.4 is 5.32 Å². The summed E-state index contributed by atoms with van der Waals surface area (Å²) in [6.45, 7) is 1.07. The Morgan fingerprint density at radius 2 is 1.64 bits per heavy atom. The summed E-state index contributed by atoms with van der Waals surface area (Å²) in [6, 6.07) is 11.8. The molecular formula is C19H19N3O5S. The van der Waals surface area contributed by atoms with E-state index in [0.717, 1.165) is 12.8 Å². The number of benzene rings is 2. The van der Waals surface area contributed by atoms with Crippen molar-refractivity contribution in [3.63, 3.8) is 0 Å². The van der Waals surface area contributed by atoms with Gasteiger partial charge in [-0.25, -0.2) is 8.42 Å². The third kappa shape index (κ3) is 4.62. The molecular weight excluding hydrogens is 382 g/mol. The summed E-state index contributed by atoms with van der Waals surface area (Å²) in [5, 5.41) is 13.3. The third-order valence-electron chi connectivity index (χ3n) is 4.36. The predicted octanol–water partition coefficient (Wildman–Crippen LogP) is 3.03. The van der Waals surface area contributed by atoms with Gasteiger partial charge in [-0.05, 0) is 60.9 Å². The molecule has 8 nitrogen and oxygen atoms in total. The zero-order valence-electron chi connectivity index (χ0n) is 14.9. The fourth-order valence-electron chi connectivity index (χ4n) is 2.85. The number of anilines is 1. The zero-order valence-corrected chi connectivity index (χ0v) is 15.8. The highest BCUT2D eigenvalue weighted by Gasteiger charge is 2.26. The molecule has 1 amide bonds. The Bertz CT molecular complexity index is 993. The molecule has 0 saturated carbocycles. The Morgan fingerprint density at radius 3 is 2.21 bits per heavy atom. The number of amides is 1. The highest BCUT2D eigenvalue weighted by Crippen LogP contribution is 2.22. The first-order valence-corrected chi connectivity index (χ1v) is 10.1. The van der Waals surface area contributed by atoms with E-state index in [1.807, 2.05) is 0 Å². The van der Waals surface area contributed by atoms with Gasteiger partial charge in [0.15, 0.2) is 0 Å². The largest absolute Gasteiger partial charge is 0.323 e. The second-order valence-corrected chi connectivity index (χ2v) is 8.24. The molecule has 2 aromatic carbocycles. The van der Waals surface area contributed by atoms with Gasteiger partial charge in [0.1, 0.15) is 0 Å². The SMILES string of the molecule is O=C(/C=C/c1ccc([N+](=O)[O-])cc1)Nc1ccc(S(=O)(=O)N2CCCC2)cc1. The highest BCUT2D eigenvalue weighted by atomic mass is 32.2. The van der Waals surface area contributed by atoms with Crippen LogP contribution in [0.2, 0.25) is 0 Å². The summed E-state index contributed by atoms with van der Waals surface area (Å²) in [4.78, 5) is 22.4. The van der Waals surface area contributed by atoms with Crippen LogP contribution in [0.4, 0.5) is 11.4 Å². The van der Waals surface area contributed by atoms with E-state index in [-0.39, 0.29) is 10.6 Å². The average molecular weight is 401 g/mol. The summed E-state index contributed by atoms with van der Waals surface area (Å²) in [7, 11) is -3.48. The highest BCUT2D eigenvalue weighted by molar-refractivity contribution is 7.89. The van der Waals surface area contributed by atoms with Crippen LogP contribution in [0, 0.1) is 10.1 Å². The third-order valence-corrected chi connectivity index (χ3v) is 6.27. The van der Waals surface area contributed by atoms with Gasteiger partial charge in [0.05, 0.1) is 9.82 Å². The van der Waals surface area contributed by atoms with E-state index >= 15 is 0 Å². The minimum atomic E-state index is -3.48. The van der Waals surface area contributed by atoms with Crippen LogP contribution in [-0.4, -0.2) is 36.6 Å². The molecule has 1 N–H and O–H groups in total. The number of nitrogens with one attached hydrogen (secondary N) is 1. The quantitative estimate of drug-likeness (QED) is 0.454. The molecule has 1 aliphatic rings. The first-order chi connectivity index (χ1) is 13.4. The first-order valence-electron chi connectivity index (χ1n) is 8.70. The van der Waals surface area contributed by atoms with Crippen molar-refractivity contribution in [2.75, 3.05) is 18.4 Å². The Hall–Kier alpha value is -3.04. The lowest BCUT2D eigenvalue weighted by Gasteiger charge is -2.15. The molecule has 146 valence electrons. The Kier molecular flexibility index (Phi) is 5.86. The number of nitro benzene ring substituents is 1. The summed E-state index contributed by atoms with van der Waals surface area (Å²) in [5.41, 5.74) is 1.09. The van der Waals surface area contributed by atoms with Gasteiger partial charge >= 0.3 is 0 Å². The lowest BCUT2D eigenvalue weighted by atomic mass is 10.2. The van der Waals surface area contributed by atoms with Crippen LogP contribution >= 0.6 is 0 Å². The van der Waals surface area contributed by atoms with E-state index < -0.39 is 20.9 Å². The van der Waals surface area contributed by atoms with Gasteiger partial charge in [-0.1, -0.05) is 0 Å². The van der Waals surface area contributed by atoms with E-state index in [2.05, 4.69) is 5.32 Å². The molecule has 1 fully saturated rings. The molecule has 0 aromatic heterocycles. The topological polar surface area (TPSA) is 110 Å². The molecule has 1 heterocycles. The summed E-state index contributed by atoms with van der Waals surface area (Å²) in [5.74, 6) is -0.395. The van der Waals surface area contributed by atoms with Gasteiger partial charge in [-0.15, -0.1) is 0 Å². The van der Waals surface area contributed by atoms with Crippen molar-refractivity contribution >= 4 is 33.4 Å². The summed E-state index contributed by atoms with van der Waals surface area (Å²) in [6.07, 6.45) is 4.57. The van der Waals surface area contributed by atoms with Crippen LogP contribution in [0.25, 0.3) is 6.08 Å². The fourth-order valence-corrected chi connectivity index (χ4v) is 4.37. The van der Waals surface area contributed by atoms with E-state index in [1.54, 1.807) is 24.3 Å². The summed E-state index contributed by atoms with van der Waals surface area (Å²) >= 11 is 0. The van der Waals surface area contributed by atoms with Gasteiger partial charge in [0, 0.05) is 37.0 Å². The van der Waals surface area contributed by atoms with E-state index in [0.29, 0.717) is 24.3 Å². The Morgan fingerprint density at radius 1 is 1.04 bits per heavy atom. The maximum atomic E-state index is 12.5. The number of nitro groups is 1. The predicted molar refractivity (Wildman–Crippen MR) is 105 cm³/mol. The van der Waals surface area contributed by atoms with E-state index in [9.17, 15) is 23.3 Å². The van der Waals surface area contributed by atoms with Crippen LogP contribution in [-0.2, 0) is 14.8 Å². The average Bonchev–Trinajstić information content (AvgIpc) is 3.23. The Balaban J connectivity index is 1.62. The van der Waals surface area contributed by atoms with Crippen molar-refractivity contribution in [1.29, 1.82) is 0 Å². The number of nitrogens with zero attached hydrogens (tertiary/aromatic N) is 2. The van der Waals surface area contributed by atoms with Crippen molar-refractivity contribution < 1.29 is 18.1 Å². The normalized spacial score (nSPS) is 15.0. The van der Waals surface area contributed by atoms with Gasteiger partial charge in [0.25, 0.3) is 5.69 Å². The molecule has 1 saturated heterocycles. The van der Waals surface area contributed by atoms with Crippen LogP contribution in [0.1, 0.15) is 18.4 Å². The van der Waals surface area contributed by atoms with E-state index in [1.165, 1.54) is 40.7 Å². The molecule has 0 unspecified atom stereocenters. The van der Waals surface area contributed by atoms with Crippen molar-refractivity contribution in [1.82, 2.24) is 4.31 Å². The molecule has 3 rings (SSSR count). The number of carbonyl (C=O) groups excluding carboxylic acids is 1. The van der Waals surface area contributed by atoms with Gasteiger partial charge in [-0.3, -0.25) is 14.9 Å². The molecule has 0 radical (unpaired) electrons. The summed E-state index contributed by atoms with van der Waals surface area (Å²) < 4.78 is 26.4. The molecule has 0 bridgehead atoms. The minimum Gasteiger partial charge on any atom is -0.323 e. The van der Waals surface area contributed by atoms with Crippen LogP contribution in [0.5, 0.6) is 0 Å². The number of sulfonamides is 1. The zero-order chi connectivity index (χ0) is 20.1. The van der Waals surface area contributed by atoms with Gasteiger partial charge in [0.2, 0.25) is 15.9 Å². The van der Waals surface area contributed by atoms with Gasteiger partial charge < -0.3 is 5.32 Å². The van der Waals surface area contributed by atoms with Crippen molar-refractivity contribution in [3.05, 3.63) is 70.3 Å². The van der Waals surface area contributed by atoms with Crippen LogP contribution in [0.3, 0.4) is 0 Å². The molecule has 9 heteroatoms. The molecule has 2 aromatic rings. The number of non-ortho nitro benzene ring substituents is 1. The maximum absolute atomic E-state index is 12.5. The van der Waals surface area contributed by atoms with E-state index in [4.69, 9.17) is 0 Å². The van der Waals surface area contributed by atoms with Crippen molar-refractivity contribution in [3.8, 4) is 0 Å². The second-order valence-electron chi connectivity index (χ2n) is 6.31.